The summed E-state index contributed by atoms with van der Waals surface area (Å²) in [6.45, 7) is 1.94. The highest BCUT2D eigenvalue weighted by Crippen LogP contribution is 2.00. The third-order valence-corrected chi connectivity index (χ3v) is 1.19. The van der Waals surface area contributed by atoms with Crippen molar-refractivity contribution in [2.75, 3.05) is 0 Å². The second kappa shape index (κ2) is 6.81. The molecule has 60 valence electrons. The van der Waals surface area contributed by atoms with Crippen LogP contribution in [0.4, 0.5) is 0 Å². The summed E-state index contributed by atoms with van der Waals surface area (Å²) < 4.78 is 0. The van der Waals surface area contributed by atoms with Gasteiger partial charge in [0.15, 0.2) is 0 Å². The van der Waals surface area contributed by atoms with Crippen LogP contribution in [0.5, 0.6) is 0 Å². The predicted molar refractivity (Wildman–Crippen MR) is 45.3 cm³/mol. The largest absolute Gasteiger partial charge is 0.515 e. The maximum Gasteiger partial charge on any atom is 0.142 e. The van der Waals surface area contributed by atoms with Crippen molar-refractivity contribution in [1.82, 2.24) is 0 Å². The zero-order valence-corrected chi connectivity index (χ0v) is 6.53. The molecule has 0 atom stereocenters. The van der Waals surface area contributed by atoms with Crippen molar-refractivity contribution in [3.05, 3.63) is 36.1 Å². The quantitative estimate of drug-likeness (QED) is 0.290. The highest BCUT2D eigenvalue weighted by Gasteiger charge is 1.82. The molecule has 11 heavy (non-hydrogen) atoms. The van der Waals surface area contributed by atoms with E-state index in [9.17, 15) is 4.79 Å². The summed E-state index contributed by atoms with van der Waals surface area (Å²) in [5, 5.41) is 8.58. The summed E-state index contributed by atoms with van der Waals surface area (Å²) >= 11 is 0. The van der Waals surface area contributed by atoms with Crippen LogP contribution in [0.25, 0.3) is 0 Å². The Labute approximate surface area is 66.5 Å². The van der Waals surface area contributed by atoms with Crippen LogP contribution in [0.3, 0.4) is 0 Å². The van der Waals surface area contributed by atoms with Crippen LogP contribution in [0, 0.1) is 0 Å². The van der Waals surface area contributed by atoms with Gasteiger partial charge in [-0.15, -0.1) is 0 Å². The molecule has 0 saturated carbocycles. The number of aldehydes is 1. The van der Waals surface area contributed by atoms with Gasteiger partial charge in [0.25, 0.3) is 0 Å². The Morgan fingerprint density at radius 3 is 2.55 bits per heavy atom. The molecule has 0 spiro atoms. The van der Waals surface area contributed by atoms with E-state index in [4.69, 9.17) is 5.11 Å². The van der Waals surface area contributed by atoms with Crippen LogP contribution in [0.2, 0.25) is 0 Å². The Kier molecular flexibility index (Phi) is 5.99. The van der Waals surface area contributed by atoms with Crippen LogP contribution >= 0.6 is 0 Å². The van der Waals surface area contributed by atoms with Gasteiger partial charge in [-0.3, -0.25) is 4.79 Å². The summed E-state index contributed by atoms with van der Waals surface area (Å²) in [5.41, 5.74) is 0.834. The van der Waals surface area contributed by atoms with E-state index < -0.39 is 0 Å². The number of hydrogen-bond acceptors (Lipinski definition) is 2. The van der Waals surface area contributed by atoms with Gasteiger partial charge in [-0.1, -0.05) is 25.2 Å². The van der Waals surface area contributed by atoms with Gasteiger partial charge >= 0.3 is 0 Å². The standard InChI is InChI=1S/C9H12O2/c1-2-9(8-11)6-4-3-5-7-10/h3-8,11H,2H2,1H3. The summed E-state index contributed by atoms with van der Waals surface area (Å²) in [4.78, 5) is 9.80. The Morgan fingerprint density at radius 1 is 1.36 bits per heavy atom. The smallest absolute Gasteiger partial charge is 0.142 e. The van der Waals surface area contributed by atoms with E-state index in [1.165, 1.54) is 6.08 Å². The molecule has 0 aromatic heterocycles. The van der Waals surface area contributed by atoms with Gasteiger partial charge in [-0.25, -0.2) is 0 Å². The molecule has 0 rings (SSSR count). The van der Waals surface area contributed by atoms with Crippen molar-refractivity contribution in [1.29, 1.82) is 0 Å². The summed E-state index contributed by atoms with van der Waals surface area (Å²) in [6, 6.07) is 0. The SMILES string of the molecule is CCC(C=CC=CC=O)=CO. The van der Waals surface area contributed by atoms with Crippen LogP contribution < -0.4 is 0 Å². The maximum absolute atomic E-state index is 9.80. The average Bonchev–Trinajstić information content (AvgIpc) is 2.05. The van der Waals surface area contributed by atoms with Crippen molar-refractivity contribution in [2.45, 2.75) is 13.3 Å². The number of allylic oxidation sites excluding steroid dienone is 5. The van der Waals surface area contributed by atoms with Gasteiger partial charge in [0.2, 0.25) is 0 Å². The Hall–Kier alpha value is -1.31. The molecule has 0 radical (unpaired) electrons. The molecule has 0 aromatic rings. The van der Waals surface area contributed by atoms with E-state index in [-0.39, 0.29) is 0 Å². The molecular weight excluding hydrogens is 140 g/mol. The third-order valence-electron chi connectivity index (χ3n) is 1.19. The van der Waals surface area contributed by atoms with Gasteiger partial charge in [-0.05, 0) is 18.1 Å². The second-order valence-electron chi connectivity index (χ2n) is 1.94. The first-order chi connectivity index (χ1) is 5.35. The molecule has 0 fully saturated rings. The number of aliphatic hydroxyl groups excluding tert-OH is 1. The van der Waals surface area contributed by atoms with E-state index in [0.29, 0.717) is 6.29 Å². The molecule has 0 heterocycles. The van der Waals surface area contributed by atoms with Gasteiger partial charge in [0.05, 0.1) is 6.26 Å². The number of aliphatic hydroxyl groups is 1. The van der Waals surface area contributed by atoms with E-state index >= 15 is 0 Å². The molecule has 1 N–H and O–H groups in total. The van der Waals surface area contributed by atoms with Crippen molar-refractivity contribution >= 4 is 6.29 Å². The fourth-order valence-corrected chi connectivity index (χ4v) is 0.541. The minimum Gasteiger partial charge on any atom is -0.515 e. The van der Waals surface area contributed by atoms with Crippen molar-refractivity contribution in [2.24, 2.45) is 0 Å². The summed E-state index contributed by atoms with van der Waals surface area (Å²) in [7, 11) is 0. The lowest BCUT2D eigenvalue weighted by molar-refractivity contribution is -0.104. The zero-order valence-electron chi connectivity index (χ0n) is 6.53. The highest BCUT2D eigenvalue weighted by molar-refractivity contribution is 5.65. The first-order valence-corrected chi connectivity index (χ1v) is 3.47. The Bertz CT molecular complexity index is 188. The summed E-state index contributed by atoms with van der Waals surface area (Å²) in [5.74, 6) is 0. The first-order valence-electron chi connectivity index (χ1n) is 3.47. The van der Waals surface area contributed by atoms with E-state index in [0.717, 1.165) is 18.3 Å². The Morgan fingerprint density at radius 2 is 2.09 bits per heavy atom. The molecule has 0 aliphatic carbocycles. The van der Waals surface area contributed by atoms with Crippen molar-refractivity contribution < 1.29 is 9.90 Å². The lowest BCUT2D eigenvalue weighted by Crippen LogP contribution is -1.72. The predicted octanol–water partition coefficient (Wildman–Crippen LogP) is 2.15. The van der Waals surface area contributed by atoms with Crippen molar-refractivity contribution in [3.8, 4) is 0 Å². The molecule has 2 heteroatoms. The molecule has 0 unspecified atom stereocenters. The van der Waals surface area contributed by atoms with E-state index in [1.54, 1.807) is 18.2 Å². The maximum atomic E-state index is 9.80. The number of hydrogen-bond donors (Lipinski definition) is 1. The molecule has 0 bridgehead atoms. The monoisotopic (exact) mass is 152 g/mol. The van der Waals surface area contributed by atoms with Crippen LogP contribution in [-0.4, -0.2) is 11.4 Å². The van der Waals surface area contributed by atoms with Crippen LogP contribution in [0.15, 0.2) is 36.1 Å². The molecule has 0 aromatic carbocycles. The first kappa shape index (κ1) is 9.69. The molecule has 0 amide bonds. The van der Waals surface area contributed by atoms with Gasteiger partial charge in [0, 0.05) is 0 Å². The molecule has 0 saturated heterocycles. The van der Waals surface area contributed by atoms with E-state index in [1.807, 2.05) is 6.92 Å². The fourth-order valence-electron chi connectivity index (χ4n) is 0.541. The topological polar surface area (TPSA) is 37.3 Å². The normalized spacial score (nSPS) is 13.0. The van der Waals surface area contributed by atoms with Crippen LogP contribution in [0.1, 0.15) is 13.3 Å². The van der Waals surface area contributed by atoms with Gasteiger partial charge in [0.1, 0.15) is 6.29 Å². The number of carbonyl (C=O) groups excluding carboxylic acids is 1. The van der Waals surface area contributed by atoms with Crippen LogP contribution in [-0.2, 0) is 4.79 Å². The molecule has 0 aliphatic rings. The molecule has 0 aliphatic heterocycles. The van der Waals surface area contributed by atoms with Gasteiger partial charge < -0.3 is 5.11 Å². The number of carbonyl (C=O) groups is 1. The zero-order chi connectivity index (χ0) is 8.53. The third kappa shape index (κ3) is 5.15. The lowest BCUT2D eigenvalue weighted by atomic mass is 10.2. The minimum atomic E-state index is 0.707. The highest BCUT2D eigenvalue weighted by atomic mass is 16.2. The lowest BCUT2D eigenvalue weighted by Gasteiger charge is -1.89. The fraction of sp³-hybridized carbons (Fsp3) is 0.222. The molecular formula is C9H12O2. The summed E-state index contributed by atoms with van der Waals surface area (Å²) in [6.07, 6.45) is 9.01. The van der Waals surface area contributed by atoms with E-state index in [2.05, 4.69) is 0 Å². The minimum absolute atomic E-state index is 0.707. The average molecular weight is 152 g/mol. The second-order valence-corrected chi connectivity index (χ2v) is 1.94. The number of rotatable bonds is 4. The van der Waals surface area contributed by atoms with Gasteiger partial charge in [-0.2, -0.15) is 0 Å². The Balaban J connectivity index is 3.90. The van der Waals surface area contributed by atoms with Crippen molar-refractivity contribution in [3.63, 3.8) is 0 Å². The molecule has 2 nitrogen and oxygen atoms in total.